The summed E-state index contributed by atoms with van der Waals surface area (Å²) in [4.78, 5) is 62.9. The third-order valence-corrected chi connectivity index (χ3v) is 5.76. The summed E-state index contributed by atoms with van der Waals surface area (Å²) in [7, 11) is 0. The van der Waals surface area contributed by atoms with Crippen LogP contribution in [0.25, 0.3) is 0 Å². The van der Waals surface area contributed by atoms with Crippen LogP contribution in [0.3, 0.4) is 0 Å². The number of amides is 5. The summed E-state index contributed by atoms with van der Waals surface area (Å²) in [5.74, 6) is -2.63. The predicted molar refractivity (Wildman–Crippen MR) is 118 cm³/mol. The monoisotopic (exact) mass is 449 g/mol. The zero-order chi connectivity index (χ0) is 23.5. The molecule has 0 aromatic heterocycles. The van der Waals surface area contributed by atoms with E-state index in [4.69, 9.17) is 4.74 Å². The number of hydrogen-bond donors (Lipinski definition) is 2. The van der Waals surface area contributed by atoms with Crippen molar-refractivity contribution in [3.05, 3.63) is 64.7 Å². The number of benzene rings is 2. The number of hydrogen-bond acceptors (Lipinski definition) is 6. The summed E-state index contributed by atoms with van der Waals surface area (Å²) in [6.07, 6.45) is 3.82. The van der Waals surface area contributed by atoms with Crippen LogP contribution >= 0.6 is 0 Å². The highest BCUT2D eigenvalue weighted by atomic mass is 16.5. The van der Waals surface area contributed by atoms with Crippen molar-refractivity contribution in [2.45, 2.75) is 38.6 Å². The fourth-order valence-corrected chi connectivity index (χ4v) is 4.07. The van der Waals surface area contributed by atoms with Crippen LogP contribution in [-0.4, -0.2) is 42.4 Å². The van der Waals surface area contributed by atoms with Gasteiger partial charge in [-0.2, -0.15) is 0 Å². The minimum absolute atomic E-state index is 0.0183. The van der Waals surface area contributed by atoms with Gasteiger partial charge in [0.1, 0.15) is 0 Å². The molecule has 0 spiro atoms. The molecule has 0 radical (unpaired) electrons. The number of carbonyl (C=O) groups excluding carboxylic acids is 5. The van der Waals surface area contributed by atoms with Gasteiger partial charge in [-0.25, -0.2) is 14.5 Å². The highest BCUT2D eigenvalue weighted by Gasteiger charge is 2.37. The molecule has 9 heteroatoms. The average molecular weight is 449 g/mol. The number of rotatable bonds is 5. The Morgan fingerprint density at radius 3 is 2.42 bits per heavy atom. The summed E-state index contributed by atoms with van der Waals surface area (Å²) in [6.45, 7) is 1.14. The lowest BCUT2D eigenvalue weighted by Crippen LogP contribution is -2.45. The number of ether oxygens (including phenoxy) is 1. The fraction of sp³-hybridized carbons (Fsp3) is 0.292. The van der Waals surface area contributed by atoms with Crippen LogP contribution in [0.5, 0.6) is 0 Å². The molecule has 1 heterocycles. The lowest BCUT2D eigenvalue weighted by molar-refractivity contribution is -0.123. The molecule has 2 aliphatic rings. The van der Waals surface area contributed by atoms with Gasteiger partial charge in [-0.1, -0.05) is 31.0 Å². The van der Waals surface area contributed by atoms with Crippen molar-refractivity contribution >= 4 is 35.4 Å². The third-order valence-electron chi connectivity index (χ3n) is 5.76. The fourth-order valence-electron chi connectivity index (χ4n) is 4.07. The second kappa shape index (κ2) is 9.23. The van der Waals surface area contributed by atoms with Gasteiger partial charge in [0.15, 0.2) is 6.61 Å². The maximum atomic E-state index is 12.9. The van der Waals surface area contributed by atoms with E-state index < -0.39 is 36.3 Å². The van der Waals surface area contributed by atoms with Crippen LogP contribution in [0, 0.1) is 6.92 Å². The van der Waals surface area contributed by atoms with E-state index in [2.05, 4.69) is 10.6 Å². The van der Waals surface area contributed by atoms with E-state index in [0.717, 1.165) is 36.1 Å². The van der Waals surface area contributed by atoms with Crippen LogP contribution < -0.4 is 15.5 Å². The summed E-state index contributed by atoms with van der Waals surface area (Å²) >= 11 is 0. The van der Waals surface area contributed by atoms with Crippen molar-refractivity contribution in [2.24, 2.45) is 0 Å². The topological polar surface area (TPSA) is 122 Å². The SMILES string of the molecule is Cc1ccccc1N1C(=O)c2ccc(C(=O)OCC(=O)NC(=O)NC3CCCC3)cc2C1=O. The minimum atomic E-state index is -0.848. The van der Waals surface area contributed by atoms with Gasteiger partial charge in [0.25, 0.3) is 17.7 Å². The molecule has 4 rings (SSSR count). The highest BCUT2D eigenvalue weighted by Crippen LogP contribution is 2.31. The van der Waals surface area contributed by atoms with Gasteiger partial charge in [0.05, 0.1) is 22.4 Å². The van der Waals surface area contributed by atoms with Gasteiger partial charge < -0.3 is 10.1 Å². The molecule has 2 aromatic carbocycles. The highest BCUT2D eigenvalue weighted by molar-refractivity contribution is 6.34. The number of carbonyl (C=O) groups is 5. The van der Waals surface area contributed by atoms with Crippen molar-refractivity contribution in [2.75, 3.05) is 11.5 Å². The van der Waals surface area contributed by atoms with E-state index in [1.807, 2.05) is 0 Å². The molecule has 0 bridgehead atoms. The van der Waals surface area contributed by atoms with Gasteiger partial charge in [-0.3, -0.25) is 19.7 Å². The first-order chi connectivity index (χ1) is 15.8. The van der Waals surface area contributed by atoms with Gasteiger partial charge in [0.2, 0.25) is 0 Å². The first kappa shape index (κ1) is 22.2. The van der Waals surface area contributed by atoms with Gasteiger partial charge in [0, 0.05) is 6.04 Å². The number of aryl methyl sites for hydroxylation is 1. The third kappa shape index (κ3) is 4.62. The van der Waals surface area contributed by atoms with Crippen molar-refractivity contribution in [3.8, 4) is 0 Å². The molecule has 170 valence electrons. The van der Waals surface area contributed by atoms with Crippen molar-refractivity contribution < 1.29 is 28.7 Å². The van der Waals surface area contributed by atoms with E-state index in [1.54, 1.807) is 31.2 Å². The van der Waals surface area contributed by atoms with E-state index in [-0.39, 0.29) is 22.7 Å². The second-order valence-corrected chi connectivity index (χ2v) is 8.07. The second-order valence-electron chi connectivity index (χ2n) is 8.07. The first-order valence-electron chi connectivity index (χ1n) is 10.7. The van der Waals surface area contributed by atoms with Gasteiger partial charge in [-0.05, 0) is 49.6 Å². The molecular formula is C24H23N3O6. The summed E-state index contributed by atoms with van der Waals surface area (Å²) in [5.41, 5.74) is 1.51. The maximum Gasteiger partial charge on any atom is 0.338 e. The summed E-state index contributed by atoms with van der Waals surface area (Å²) in [6, 6.07) is 10.5. The van der Waals surface area contributed by atoms with Crippen molar-refractivity contribution in [1.29, 1.82) is 0 Å². The Hall–Kier alpha value is -4.01. The molecular weight excluding hydrogens is 426 g/mol. The average Bonchev–Trinajstić information content (AvgIpc) is 3.39. The quantitative estimate of drug-likeness (QED) is 0.535. The first-order valence-corrected chi connectivity index (χ1v) is 10.7. The lowest BCUT2D eigenvalue weighted by Gasteiger charge is -2.16. The molecule has 9 nitrogen and oxygen atoms in total. The molecule has 1 aliphatic heterocycles. The molecule has 1 aliphatic carbocycles. The summed E-state index contributed by atoms with van der Waals surface area (Å²) in [5, 5.41) is 4.83. The van der Waals surface area contributed by atoms with Crippen LogP contribution in [0.2, 0.25) is 0 Å². The predicted octanol–water partition coefficient (Wildman–Crippen LogP) is 2.72. The van der Waals surface area contributed by atoms with Crippen molar-refractivity contribution in [1.82, 2.24) is 10.6 Å². The molecule has 0 atom stereocenters. The molecule has 1 fully saturated rings. The number of esters is 1. The van der Waals surface area contributed by atoms with Crippen molar-refractivity contribution in [3.63, 3.8) is 0 Å². The zero-order valence-corrected chi connectivity index (χ0v) is 18.1. The zero-order valence-electron chi connectivity index (χ0n) is 18.1. The largest absolute Gasteiger partial charge is 0.452 e. The van der Waals surface area contributed by atoms with Crippen LogP contribution in [0.15, 0.2) is 42.5 Å². The molecule has 1 saturated carbocycles. The van der Waals surface area contributed by atoms with Crippen LogP contribution in [0.4, 0.5) is 10.5 Å². The van der Waals surface area contributed by atoms with Gasteiger partial charge in [-0.15, -0.1) is 0 Å². The number of anilines is 1. The van der Waals surface area contributed by atoms with E-state index in [9.17, 15) is 24.0 Å². The number of nitrogens with one attached hydrogen (secondary N) is 2. The lowest BCUT2D eigenvalue weighted by atomic mass is 10.1. The van der Waals surface area contributed by atoms with E-state index in [0.29, 0.717) is 5.69 Å². The number of nitrogens with zero attached hydrogens (tertiary/aromatic N) is 1. The number of imide groups is 2. The number of urea groups is 1. The smallest absolute Gasteiger partial charge is 0.338 e. The molecule has 0 saturated heterocycles. The normalized spacial score (nSPS) is 15.4. The Kier molecular flexibility index (Phi) is 6.21. The number of fused-ring (bicyclic) bond motifs is 1. The van der Waals surface area contributed by atoms with Gasteiger partial charge >= 0.3 is 12.0 Å². The Morgan fingerprint density at radius 1 is 1.00 bits per heavy atom. The number of para-hydroxylation sites is 1. The molecule has 2 aromatic rings. The summed E-state index contributed by atoms with van der Waals surface area (Å²) < 4.78 is 4.97. The van der Waals surface area contributed by atoms with Crippen LogP contribution in [0.1, 0.15) is 62.3 Å². The molecule has 33 heavy (non-hydrogen) atoms. The maximum absolute atomic E-state index is 12.9. The van der Waals surface area contributed by atoms with E-state index in [1.165, 1.54) is 18.2 Å². The molecule has 2 N–H and O–H groups in total. The Balaban J connectivity index is 1.38. The standard InChI is InChI=1S/C24H23N3O6/c1-14-6-2-5-9-19(14)27-21(29)17-11-10-15(12-18(17)22(27)30)23(31)33-13-20(28)26-24(32)25-16-7-3-4-8-16/h2,5-6,9-12,16H,3-4,7-8,13H2,1H3,(H2,25,26,28,32). The molecule has 0 unspecified atom stereocenters. The molecule has 5 amide bonds. The Labute approximate surface area is 190 Å². The minimum Gasteiger partial charge on any atom is -0.452 e. The van der Waals surface area contributed by atoms with Crippen LogP contribution in [-0.2, 0) is 9.53 Å². The Bertz CT molecular complexity index is 1150. The van der Waals surface area contributed by atoms with E-state index >= 15 is 0 Å². The Morgan fingerprint density at radius 2 is 1.70 bits per heavy atom.